The Labute approximate surface area is 159 Å². The molecule has 0 spiro atoms. The number of hydrogen-bond donors (Lipinski definition) is 1. The molecule has 2 aliphatic rings. The fourth-order valence-corrected chi connectivity index (χ4v) is 4.03. The number of ether oxygens (including phenoxy) is 1. The standard InChI is InChI=1S/C19H21F3N4O2/c1-25(10-13-5-3-7-28-13)15-6-2-4-12-9-26(11-14(12)15)16-8-23-24-18(27)17(16)19(20,21)22/h2,4,6,8,13H,3,5,7,9-11H2,1H3,(H,24,27)/t13-/m1/s1. The van der Waals surface area contributed by atoms with E-state index in [9.17, 15) is 18.0 Å². The summed E-state index contributed by atoms with van der Waals surface area (Å²) in [6, 6.07) is 5.79. The van der Waals surface area contributed by atoms with E-state index in [1.54, 1.807) is 4.90 Å². The Morgan fingerprint density at radius 1 is 1.36 bits per heavy atom. The Morgan fingerprint density at radius 2 is 2.18 bits per heavy atom. The van der Waals surface area contributed by atoms with E-state index in [2.05, 4.69) is 10.00 Å². The van der Waals surface area contributed by atoms with Crippen LogP contribution in [0.15, 0.2) is 29.2 Å². The zero-order valence-electron chi connectivity index (χ0n) is 15.4. The SMILES string of the molecule is CN(C[C@H]1CCCO1)c1cccc2c1CN(c1cn[nH]c(=O)c1C(F)(F)F)C2. The van der Waals surface area contributed by atoms with Gasteiger partial charge in [0, 0.05) is 39.0 Å². The van der Waals surface area contributed by atoms with Crippen molar-refractivity contribution in [3.05, 3.63) is 51.4 Å². The van der Waals surface area contributed by atoms with Crippen LogP contribution in [-0.2, 0) is 24.0 Å². The minimum absolute atomic E-state index is 0.173. The molecule has 6 nitrogen and oxygen atoms in total. The van der Waals surface area contributed by atoms with Crippen LogP contribution >= 0.6 is 0 Å². The van der Waals surface area contributed by atoms with E-state index >= 15 is 0 Å². The van der Waals surface area contributed by atoms with Crippen molar-refractivity contribution < 1.29 is 17.9 Å². The lowest BCUT2D eigenvalue weighted by Gasteiger charge is -2.25. The quantitative estimate of drug-likeness (QED) is 0.864. The van der Waals surface area contributed by atoms with Gasteiger partial charge in [0.1, 0.15) is 5.56 Å². The number of H-pyrrole nitrogens is 1. The summed E-state index contributed by atoms with van der Waals surface area (Å²) >= 11 is 0. The first-order chi connectivity index (χ1) is 13.3. The molecule has 0 bridgehead atoms. The van der Waals surface area contributed by atoms with E-state index in [0.717, 1.165) is 49.0 Å². The number of hydrogen-bond acceptors (Lipinski definition) is 5. The van der Waals surface area contributed by atoms with Gasteiger partial charge in [-0.05, 0) is 30.0 Å². The van der Waals surface area contributed by atoms with Crippen LogP contribution in [0.5, 0.6) is 0 Å². The van der Waals surface area contributed by atoms with Gasteiger partial charge in [-0.3, -0.25) is 4.79 Å². The van der Waals surface area contributed by atoms with Crippen LogP contribution in [0.4, 0.5) is 24.5 Å². The van der Waals surface area contributed by atoms with Gasteiger partial charge in [-0.1, -0.05) is 12.1 Å². The van der Waals surface area contributed by atoms with Gasteiger partial charge in [0.2, 0.25) is 0 Å². The second-order valence-electron chi connectivity index (χ2n) is 7.24. The molecule has 4 rings (SSSR count). The van der Waals surface area contributed by atoms with Crippen LogP contribution in [0.3, 0.4) is 0 Å². The van der Waals surface area contributed by atoms with Crippen LogP contribution in [0.2, 0.25) is 0 Å². The van der Waals surface area contributed by atoms with Gasteiger partial charge >= 0.3 is 6.18 Å². The molecule has 1 saturated heterocycles. The van der Waals surface area contributed by atoms with Gasteiger partial charge in [-0.15, -0.1) is 0 Å². The van der Waals surface area contributed by atoms with Crippen molar-refractivity contribution in [3.63, 3.8) is 0 Å². The molecular formula is C19H21F3N4O2. The zero-order valence-corrected chi connectivity index (χ0v) is 15.4. The van der Waals surface area contributed by atoms with Gasteiger partial charge < -0.3 is 14.5 Å². The van der Waals surface area contributed by atoms with Gasteiger partial charge in [-0.2, -0.15) is 18.3 Å². The number of aromatic amines is 1. The number of anilines is 2. The number of halogens is 3. The minimum Gasteiger partial charge on any atom is -0.376 e. The normalized spacial score (nSPS) is 19.1. The van der Waals surface area contributed by atoms with Gasteiger partial charge in [0.05, 0.1) is 18.0 Å². The van der Waals surface area contributed by atoms with E-state index in [4.69, 9.17) is 4.74 Å². The summed E-state index contributed by atoms with van der Waals surface area (Å²) in [6.07, 6.45) is -1.44. The number of likely N-dealkylation sites (N-methyl/N-ethyl adjacent to an activating group) is 1. The fraction of sp³-hybridized carbons (Fsp3) is 0.474. The molecule has 2 aromatic rings. The average Bonchev–Trinajstić information content (AvgIpc) is 3.29. The summed E-state index contributed by atoms with van der Waals surface area (Å²) < 4.78 is 46.0. The van der Waals surface area contributed by atoms with Crippen LogP contribution in [-0.4, -0.2) is 36.5 Å². The summed E-state index contributed by atoms with van der Waals surface area (Å²) in [5.74, 6) is 0. The number of aromatic nitrogens is 2. The maximum absolute atomic E-state index is 13.4. The molecule has 1 atom stereocenters. The number of nitrogens with one attached hydrogen (secondary N) is 1. The molecule has 9 heteroatoms. The molecule has 1 N–H and O–H groups in total. The van der Waals surface area contributed by atoms with Gasteiger partial charge in [-0.25, -0.2) is 5.10 Å². The first-order valence-electron chi connectivity index (χ1n) is 9.18. The van der Waals surface area contributed by atoms with E-state index in [1.165, 1.54) is 0 Å². The second-order valence-corrected chi connectivity index (χ2v) is 7.24. The first kappa shape index (κ1) is 18.8. The molecule has 150 valence electrons. The Balaban J connectivity index is 1.63. The Morgan fingerprint density at radius 3 is 2.89 bits per heavy atom. The average molecular weight is 394 g/mol. The number of rotatable bonds is 4. The third-order valence-electron chi connectivity index (χ3n) is 5.33. The zero-order chi connectivity index (χ0) is 19.9. The number of fused-ring (bicyclic) bond motifs is 1. The van der Waals surface area contributed by atoms with Crippen molar-refractivity contribution in [2.45, 2.75) is 38.2 Å². The molecule has 0 saturated carbocycles. The van der Waals surface area contributed by atoms with Crippen molar-refractivity contribution in [2.75, 3.05) is 30.0 Å². The van der Waals surface area contributed by atoms with Gasteiger partial charge in [0.15, 0.2) is 0 Å². The molecule has 0 unspecified atom stereocenters. The lowest BCUT2D eigenvalue weighted by atomic mass is 10.1. The van der Waals surface area contributed by atoms with Crippen molar-refractivity contribution in [1.29, 1.82) is 0 Å². The number of alkyl halides is 3. The summed E-state index contributed by atoms with van der Waals surface area (Å²) in [5, 5.41) is 5.47. The maximum atomic E-state index is 13.4. The third kappa shape index (κ3) is 3.46. The summed E-state index contributed by atoms with van der Waals surface area (Å²) in [5.41, 5.74) is 0.268. The Kier molecular flexibility index (Phi) is 4.78. The van der Waals surface area contributed by atoms with Crippen LogP contribution in [0, 0.1) is 0 Å². The molecule has 0 aliphatic carbocycles. The predicted molar refractivity (Wildman–Crippen MR) is 98.4 cm³/mol. The Bertz CT molecular complexity index is 922. The van der Waals surface area contributed by atoms with Crippen LogP contribution in [0.25, 0.3) is 0 Å². The minimum atomic E-state index is -4.75. The largest absolute Gasteiger partial charge is 0.423 e. The van der Waals surface area contributed by atoms with Crippen molar-refractivity contribution >= 4 is 11.4 Å². The second kappa shape index (κ2) is 7.12. The molecule has 1 fully saturated rings. The highest BCUT2D eigenvalue weighted by Crippen LogP contribution is 2.39. The van der Waals surface area contributed by atoms with Crippen LogP contribution < -0.4 is 15.4 Å². The highest BCUT2D eigenvalue weighted by atomic mass is 19.4. The molecule has 0 radical (unpaired) electrons. The smallest absolute Gasteiger partial charge is 0.376 e. The number of benzene rings is 1. The van der Waals surface area contributed by atoms with Crippen molar-refractivity contribution in [3.8, 4) is 0 Å². The first-order valence-corrected chi connectivity index (χ1v) is 9.18. The predicted octanol–water partition coefficient (Wildman–Crippen LogP) is 2.92. The topological polar surface area (TPSA) is 61.5 Å². The third-order valence-corrected chi connectivity index (χ3v) is 5.33. The summed E-state index contributed by atoms with van der Waals surface area (Å²) in [7, 11) is 1.97. The highest BCUT2D eigenvalue weighted by molar-refractivity contribution is 5.64. The lowest BCUT2D eigenvalue weighted by molar-refractivity contribution is -0.138. The molecule has 0 amide bonds. The van der Waals surface area contributed by atoms with E-state index in [-0.39, 0.29) is 18.3 Å². The summed E-state index contributed by atoms with van der Waals surface area (Å²) in [4.78, 5) is 15.4. The maximum Gasteiger partial charge on any atom is 0.423 e. The molecule has 2 aliphatic heterocycles. The molecule has 1 aromatic carbocycles. The fourth-order valence-electron chi connectivity index (χ4n) is 4.03. The monoisotopic (exact) mass is 394 g/mol. The lowest BCUT2D eigenvalue weighted by Crippen LogP contribution is -2.30. The van der Waals surface area contributed by atoms with Crippen LogP contribution in [0.1, 0.15) is 29.5 Å². The van der Waals surface area contributed by atoms with E-state index < -0.39 is 17.3 Å². The Hall–Kier alpha value is -2.55. The van der Waals surface area contributed by atoms with Gasteiger partial charge in [0.25, 0.3) is 5.56 Å². The number of nitrogens with zero attached hydrogens (tertiary/aromatic N) is 3. The van der Waals surface area contributed by atoms with Crippen molar-refractivity contribution in [2.24, 2.45) is 0 Å². The molecule has 28 heavy (non-hydrogen) atoms. The molecular weight excluding hydrogens is 373 g/mol. The van der Waals surface area contributed by atoms with Crippen molar-refractivity contribution in [1.82, 2.24) is 10.2 Å². The molecule has 1 aromatic heterocycles. The summed E-state index contributed by atoms with van der Waals surface area (Å²) in [6.45, 7) is 2.09. The molecule has 3 heterocycles. The van der Waals surface area contributed by atoms with E-state index in [1.807, 2.05) is 30.3 Å². The highest BCUT2D eigenvalue weighted by Gasteiger charge is 2.40. The van der Waals surface area contributed by atoms with E-state index in [0.29, 0.717) is 6.54 Å².